The maximum Gasteiger partial charge on any atom is 0.330 e. The molecule has 2 N–H and O–H groups in total. The summed E-state index contributed by atoms with van der Waals surface area (Å²) in [6, 6.07) is 7.19. The minimum absolute atomic E-state index is 0.000202. The first-order chi connectivity index (χ1) is 9.59. The first-order valence-corrected chi connectivity index (χ1v) is 6.48. The maximum atomic E-state index is 12.1. The summed E-state index contributed by atoms with van der Waals surface area (Å²) < 4.78 is 5.23. The number of hydrogen-bond acceptors (Lipinski definition) is 3. The fourth-order valence-corrected chi connectivity index (χ4v) is 2.15. The molecule has 1 unspecified atom stereocenters. The van der Waals surface area contributed by atoms with Crippen molar-refractivity contribution in [1.29, 1.82) is 0 Å². The third kappa shape index (κ3) is 3.27. The fourth-order valence-electron chi connectivity index (χ4n) is 2.15. The molecule has 1 aliphatic heterocycles. The molecule has 0 bridgehead atoms. The Morgan fingerprint density at radius 1 is 1.40 bits per heavy atom. The van der Waals surface area contributed by atoms with Crippen LogP contribution in [0.4, 0.5) is 4.79 Å². The predicted octanol–water partition coefficient (Wildman–Crippen LogP) is 1.24. The van der Waals surface area contributed by atoms with Gasteiger partial charge in [0.1, 0.15) is 0 Å². The molecule has 0 spiro atoms. The molecule has 108 valence electrons. The molecule has 20 heavy (non-hydrogen) atoms. The second-order valence-electron chi connectivity index (χ2n) is 4.76. The van der Waals surface area contributed by atoms with E-state index in [0.29, 0.717) is 18.8 Å². The van der Waals surface area contributed by atoms with Gasteiger partial charge in [-0.15, -0.1) is 0 Å². The average Bonchev–Trinajstić information content (AvgIpc) is 2.98. The molecule has 0 aromatic heterocycles. The van der Waals surface area contributed by atoms with Gasteiger partial charge in [0.05, 0.1) is 12.6 Å². The molecule has 1 aromatic rings. The van der Waals surface area contributed by atoms with Gasteiger partial charge in [0.15, 0.2) is 6.04 Å². The van der Waals surface area contributed by atoms with E-state index < -0.39 is 18.0 Å². The van der Waals surface area contributed by atoms with Gasteiger partial charge in [-0.05, 0) is 12.0 Å². The standard InChI is InChI=1S/C14H18N2O4/c1-16(11-7-8-20-9-11)14(19)15-12(13(17)18)10-5-3-2-4-6-10/h2-6,11-12H,7-9H2,1H3,(H,15,19)(H,17,18)/t11?,12-/m1/s1. The Morgan fingerprint density at radius 2 is 2.10 bits per heavy atom. The minimum atomic E-state index is -1.08. The van der Waals surface area contributed by atoms with Gasteiger partial charge < -0.3 is 20.1 Å². The lowest BCUT2D eigenvalue weighted by Crippen LogP contribution is -2.46. The summed E-state index contributed by atoms with van der Waals surface area (Å²) in [7, 11) is 1.65. The molecule has 2 atom stereocenters. The van der Waals surface area contributed by atoms with Crippen LogP contribution in [-0.2, 0) is 9.53 Å². The number of rotatable bonds is 4. The van der Waals surface area contributed by atoms with E-state index in [0.717, 1.165) is 6.42 Å². The van der Waals surface area contributed by atoms with E-state index >= 15 is 0 Å². The quantitative estimate of drug-likeness (QED) is 0.868. The molecule has 1 aromatic carbocycles. The topological polar surface area (TPSA) is 78.9 Å². The van der Waals surface area contributed by atoms with E-state index in [4.69, 9.17) is 4.74 Å². The Kier molecular flexibility index (Phi) is 4.57. The Morgan fingerprint density at radius 3 is 2.65 bits per heavy atom. The highest BCUT2D eigenvalue weighted by molar-refractivity contribution is 5.83. The monoisotopic (exact) mass is 278 g/mol. The van der Waals surface area contributed by atoms with Gasteiger partial charge in [0.2, 0.25) is 0 Å². The Balaban J connectivity index is 2.04. The number of nitrogens with zero attached hydrogens (tertiary/aromatic N) is 1. The summed E-state index contributed by atoms with van der Waals surface area (Å²) in [4.78, 5) is 24.9. The number of likely N-dealkylation sites (N-methyl/N-ethyl adjacent to an activating group) is 1. The summed E-state index contributed by atoms with van der Waals surface area (Å²) >= 11 is 0. The number of urea groups is 1. The summed E-state index contributed by atoms with van der Waals surface area (Å²) in [5.74, 6) is -1.08. The molecule has 0 radical (unpaired) electrons. The van der Waals surface area contributed by atoms with Crippen LogP contribution in [0.15, 0.2) is 30.3 Å². The first kappa shape index (κ1) is 14.3. The summed E-state index contributed by atoms with van der Waals surface area (Å²) in [5.41, 5.74) is 0.546. The van der Waals surface area contributed by atoms with Crippen LogP contribution >= 0.6 is 0 Å². The summed E-state index contributed by atoms with van der Waals surface area (Å²) in [5, 5.41) is 11.8. The number of aliphatic carboxylic acids is 1. The molecule has 1 aliphatic rings. The number of benzene rings is 1. The van der Waals surface area contributed by atoms with Crippen LogP contribution in [0, 0.1) is 0 Å². The number of carbonyl (C=O) groups is 2. The Hall–Kier alpha value is -2.08. The smallest absolute Gasteiger partial charge is 0.330 e. The number of hydrogen-bond donors (Lipinski definition) is 2. The molecule has 1 saturated heterocycles. The van der Waals surface area contributed by atoms with E-state index in [2.05, 4.69) is 5.32 Å². The lowest BCUT2D eigenvalue weighted by Gasteiger charge is -2.25. The first-order valence-electron chi connectivity index (χ1n) is 6.48. The second kappa shape index (κ2) is 6.38. The van der Waals surface area contributed by atoms with E-state index in [1.54, 1.807) is 37.4 Å². The van der Waals surface area contributed by atoms with Crippen molar-refractivity contribution < 1.29 is 19.4 Å². The van der Waals surface area contributed by atoms with Gasteiger partial charge in [0, 0.05) is 13.7 Å². The zero-order valence-corrected chi connectivity index (χ0v) is 11.3. The van der Waals surface area contributed by atoms with Crippen LogP contribution < -0.4 is 5.32 Å². The van der Waals surface area contributed by atoms with Gasteiger partial charge >= 0.3 is 12.0 Å². The van der Waals surface area contributed by atoms with Crippen molar-refractivity contribution in [3.63, 3.8) is 0 Å². The van der Waals surface area contributed by atoms with Crippen molar-refractivity contribution in [3.8, 4) is 0 Å². The van der Waals surface area contributed by atoms with Crippen molar-refractivity contribution in [2.45, 2.75) is 18.5 Å². The van der Waals surface area contributed by atoms with Crippen LogP contribution in [0.3, 0.4) is 0 Å². The molecule has 2 amide bonds. The van der Waals surface area contributed by atoms with Gasteiger partial charge in [-0.2, -0.15) is 0 Å². The van der Waals surface area contributed by atoms with Gasteiger partial charge in [-0.25, -0.2) is 9.59 Å². The zero-order chi connectivity index (χ0) is 14.5. The van der Waals surface area contributed by atoms with Crippen LogP contribution in [0.5, 0.6) is 0 Å². The molecule has 6 heteroatoms. The van der Waals surface area contributed by atoms with Crippen LogP contribution in [0.2, 0.25) is 0 Å². The number of amides is 2. The highest BCUT2D eigenvalue weighted by Gasteiger charge is 2.28. The van der Waals surface area contributed by atoms with Crippen molar-refractivity contribution in [1.82, 2.24) is 10.2 Å². The Bertz CT molecular complexity index is 471. The molecule has 6 nitrogen and oxygen atoms in total. The van der Waals surface area contributed by atoms with Gasteiger partial charge in [0.25, 0.3) is 0 Å². The predicted molar refractivity (Wildman–Crippen MR) is 72.3 cm³/mol. The van der Waals surface area contributed by atoms with Crippen molar-refractivity contribution in [2.24, 2.45) is 0 Å². The number of carboxylic acids is 1. The Labute approximate surface area is 117 Å². The average molecular weight is 278 g/mol. The number of carbonyl (C=O) groups excluding carboxylic acids is 1. The maximum absolute atomic E-state index is 12.1. The zero-order valence-electron chi connectivity index (χ0n) is 11.3. The lowest BCUT2D eigenvalue weighted by atomic mass is 10.1. The van der Waals surface area contributed by atoms with Crippen molar-refractivity contribution >= 4 is 12.0 Å². The van der Waals surface area contributed by atoms with Crippen molar-refractivity contribution in [3.05, 3.63) is 35.9 Å². The second-order valence-corrected chi connectivity index (χ2v) is 4.76. The SMILES string of the molecule is CN(C(=O)N[C@@H](C(=O)O)c1ccccc1)C1CCOC1. The summed E-state index contributed by atoms with van der Waals surface area (Å²) in [6.45, 7) is 1.12. The number of ether oxygens (including phenoxy) is 1. The van der Waals surface area contributed by atoms with E-state index in [1.807, 2.05) is 0 Å². The molecule has 1 fully saturated rings. The normalized spacial score (nSPS) is 19.4. The van der Waals surface area contributed by atoms with Gasteiger partial charge in [-0.1, -0.05) is 30.3 Å². The number of nitrogens with one attached hydrogen (secondary N) is 1. The van der Waals surface area contributed by atoms with Crippen LogP contribution in [0.25, 0.3) is 0 Å². The third-order valence-corrected chi connectivity index (χ3v) is 3.42. The van der Waals surface area contributed by atoms with E-state index in [1.165, 1.54) is 4.90 Å². The highest BCUT2D eigenvalue weighted by atomic mass is 16.5. The largest absolute Gasteiger partial charge is 0.479 e. The molecule has 1 heterocycles. The summed E-state index contributed by atoms with van der Waals surface area (Å²) in [6.07, 6.45) is 0.771. The molecule has 0 aliphatic carbocycles. The minimum Gasteiger partial charge on any atom is -0.479 e. The van der Waals surface area contributed by atoms with Crippen molar-refractivity contribution in [2.75, 3.05) is 20.3 Å². The van der Waals surface area contributed by atoms with Crippen LogP contribution in [0.1, 0.15) is 18.0 Å². The third-order valence-electron chi connectivity index (χ3n) is 3.42. The fraction of sp³-hybridized carbons (Fsp3) is 0.429. The molecule has 2 rings (SSSR count). The molecular weight excluding hydrogens is 260 g/mol. The molecule has 0 saturated carbocycles. The van der Waals surface area contributed by atoms with Crippen LogP contribution in [-0.4, -0.2) is 48.3 Å². The lowest BCUT2D eigenvalue weighted by molar-refractivity contribution is -0.139. The number of carboxylic acid groups (broad SMARTS) is 1. The van der Waals surface area contributed by atoms with Gasteiger partial charge in [-0.3, -0.25) is 0 Å². The molecular formula is C14H18N2O4. The van der Waals surface area contributed by atoms with E-state index in [9.17, 15) is 14.7 Å². The highest BCUT2D eigenvalue weighted by Crippen LogP contribution is 2.15. The van der Waals surface area contributed by atoms with E-state index in [-0.39, 0.29) is 6.04 Å².